The standard InChI is InChI=1S/C14H13ClFNO3/c1-2-20-14(19)13-7-9(18)6-12(17-13)10-4-3-8(15)5-11(10)16/h3-5,7,12,17H,2,6H2,1H3. The number of benzene rings is 1. The topological polar surface area (TPSA) is 55.4 Å². The van der Waals surface area contributed by atoms with E-state index in [4.69, 9.17) is 16.3 Å². The maximum absolute atomic E-state index is 13.9. The van der Waals surface area contributed by atoms with Crippen LogP contribution in [0.1, 0.15) is 24.9 Å². The Morgan fingerprint density at radius 3 is 2.95 bits per heavy atom. The first-order valence-electron chi connectivity index (χ1n) is 6.14. The molecule has 1 heterocycles. The van der Waals surface area contributed by atoms with Crippen molar-refractivity contribution in [2.75, 3.05) is 6.61 Å². The number of ketones is 1. The highest BCUT2D eigenvalue weighted by molar-refractivity contribution is 6.30. The predicted molar refractivity (Wildman–Crippen MR) is 71.6 cm³/mol. The van der Waals surface area contributed by atoms with E-state index in [2.05, 4.69) is 5.32 Å². The van der Waals surface area contributed by atoms with Crippen LogP contribution < -0.4 is 5.32 Å². The van der Waals surface area contributed by atoms with Crippen LogP contribution in [0.5, 0.6) is 0 Å². The number of carbonyl (C=O) groups is 2. The Balaban J connectivity index is 2.25. The molecule has 1 aliphatic rings. The lowest BCUT2D eigenvalue weighted by Crippen LogP contribution is -2.33. The number of hydrogen-bond donors (Lipinski definition) is 1. The van der Waals surface area contributed by atoms with Crippen molar-refractivity contribution in [1.82, 2.24) is 5.32 Å². The first-order valence-corrected chi connectivity index (χ1v) is 6.52. The Bertz CT molecular complexity index is 586. The van der Waals surface area contributed by atoms with E-state index in [0.717, 1.165) is 0 Å². The second kappa shape index (κ2) is 6.05. The monoisotopic (exact) mass is 297 g/mol. The molecular weight excluding hydrogens is 285 g/mol. The molecule has 1 unspecified atom stereocenters. The average molecular weight is 298 g/mol. The zero-order valence-electron chi connectivity index (χ0n) is 10.8. The Hall–Kier alpha value is -1.88. The van der Waals surface area contributed by atoms with Crippen LogP contribution in [0.25, 0.3) is 0 Å². The third kappa shape index (κ3) is 3.17. The number of nitrogens with one attached hydrogen (secondary N) is 1. The predicted octanol–water partition coefficient (Wildman–Crippen LogP) is 2.53. The highest BCUT2D eigenvalue weighted by atomic mass is 35.5. The van der Waals surface area contributed by atoms with E-state index in [1.165, 1.54) is 24.3 Å². The van der Waals surface area contributed by atoms with Crippen molar-refractivity contribution in [3.8, 4) is 0 Å². The van der Waals surface area contributed by atoms with Gasteiger partial charge >= 0.3 is 5.97 Å². The van der Waals surface area contributed by atoms with Crippen LogP contribution in [-0.2, 0) is 14.3 Å². The van der Waals surface area contributed by atoms with Gasteiger partial charge in [-0.3, -0.25) is 4.79 Å². The van der Waals surface area contributed by atoms with Gasteiger partial charge in [-0.05, 0) is 19.1 Å². The molecule has 0 saturated heterocycles. The minimum Gasteiger partial charge on any atom is -0.461 e. The van der Waals surface area contributed by atoms with E-state index in [1.54, 1.807) is 6.92 Å². The summed E-state index contributed by atoms with van der Waals surface area (Å²) in [5, 5.41) is 3.10. The third-order valence-electron chi connectivity index (χ3n) is 2.87. The third-order valence-corrected chi connectivity index (χ3v) is 3.11. The molecule has 0 radical (unpaired) electrons. The zero-order valence-corrected chi connectivity index (χ0v) is 11.5. The van der Waals surface area contributed by atoms with E-state index in [-0.39, 0.29) is 35.1 Å². The molecule has 4 nitrogen and oxygen atoms in total. The first-order chi connectivity index (χ1) is 9.51. The van der Waals surface area contributed by atoms with Crippen molar-refractivity contribution >= 4 is 23.4 Å². The van der Waals surface area contributed by atoms with Crippen LogP contribution in [0.2, 0.25) is 5.02 Å². The number of halogens is 2. The Kier molecular flexibility index (Phi) is 4.39. The van der Waals surface area contributed by atoms with Crippen LogP contribution in [0.3, 0.4) is 0 Å². The molecule has 0 spiro atoms. The molecule has 0 aromatic heterocycles. The van der Waals surface area contributed by atoms with Crippen LogP contribution in [0.15, 0.2) is 30.0 Å². The summed E-state index contributed by atoms with van der Waals surface area (Å²) in [6.45, 7) is 1.87. The summed E-state index contributed by atoms with van der Waals surface area (Å²) in [6, 6.07) is 3.60. The largest absolute Gasteiger partial charge is 0.461 e. The summed E-state index contributed by atoms with van der Waals surface area (Å²) in [7, 11) is 0. The summed E-state index contributed by atoms with van der Waals surface area (Å²) in [5.74, 6) is -1.40. The van der Waals surface area contributed by atoms with Crippen LogP contribution >= 0.6 is 11.6 Å². The Morgan fingerprint density at radius 2 is 2.30 bits per heavy atom. The summed E-state index contributed by atoms with van der Waals surface area (Å²) >= 11 is 5.69. The van der Waals surface area contributed by atoms with Crippen molar-refractivity contribution in [1.29, 1.82) is 0 Å². The SMILES string of the molecule is CCOC(=O)C1=CC(=O)CC(c2ccc(Cl)cc2F)N1. The molecule has 0 amide bonds. The molecular formula is C14H13ClFNO3. The lowest BCUT2D eigenvalue weighted by atomic mass is 9.97. The smallest absolute Gasteiger partial charge is 0.354 e. The molecule has 20 heavy (non-hydrogen) atoms. The van der Waals surface area contributed by atoms with Gasteiger partial charge in [0.05, 0.1) is 12.6 Å². The van der Waals surface area contributed by atoms with E-state index in [1.807, 2.05) is 0 Å². The highest BCUT2D eigenvalue weighted by Crippen LogP contribution is 2.27. The molecule has 1 atom stereocenters. The molecule has 0 bridgehead atoms. The van der Waals surface area contributed by atoms with Gasteiger partial charge in [-0.15, -0.1) is 0 Å². The number of carbonyl (C=O) groups excluding carboxylic acids is 2. The fraction of sp³-hybridized carbons (Fsp3) is 0.286. The van der Waals surface area contributed by atoms with Crippen molar-refractivity contribution < 1.29 is 18.7 Å². The molecule has 1 aliphatic heterocycles. The van der Waals surface area contributed by atoms with Crippen molar-refractivity contribution in [2.45, 2.75) is 19.4 Å². The number of rotatable bonds is 3. The van der Waals surface area contributed by atoms with Gasteiger partial charge in [-0.1, -0.05) is 17.7 Å². The average Bonchev–Trinajstić information content (AvgIpc) is 2.38. The minimum absolute atomic E-state index is 0.0439. The summed E-state index contributed by atoms with van der Waals surface area (Å²) in [4.78, 5) is 23.3. The molecule has 0 fully saturated rings. The number of ether oxygens (including phenoxy) is 1. The quantitative estimate of drug-likeness (QED) is 0.871. The lowest BCUT2D eigenvalue weighted by Gasteiger charge is -2.24. The molecule has 0 aliphatic carbocycles. The van der Waals surface area contributed by atoms with Gasteiger partial charge in [0, 0.05) is 23.1 Å². The van der Waals surface area contributed by atoms with E-state index >= 15 is 0 Å². The normalized spacial score (nSPS) is 18.2. The Morgan fingerprint density at radius 1 is 1.55 bits per heavy atom. The molecule has 1 N–H and O–H groups in total. The van der Waals surface area contributed by atoms with Crippen LogP contribution in [0.4, 0.5) is 4.39 Å². The summed E-state index contributed by atoms with van der Waals surface area (Å²) in [5.41, 5.74) is 0.333. The highest BCUT2D eigenvalue weighted by Gasteiger charge is 2.27. The Labute approximate surface area is 120 Å². The second-order valence-corrected chi connectivity index (χ2v) is 4.75. The summed E-state index contributed by atoms with van der Waals surface area (Å²) < 4.78 is 18.7. The molecule has 106 valence electrons. The maximum atomic E-state index is 13.9. The van der Waals surface area contributed by atoms with Crippen molar-refractivity contribution in [2.24, 2.45) is 0 Å². The van der Waals surface area contributed by atoms with Gasteiger partial charge in [0.1, 0.15) is 11.5 Å². The summed E-state index contributed by atoms with van der Waals surface area (Å²) in [6.07, 6.45) is 1.25. The fourth-order valence-corrected chi connectivity index (χ4v) is 2.16. The molecule has 1 aromatic rings. The van der Waals surface area contributed by atoms with Gasteiger partial charge in [0.2, 0.25) is 0 Å². The van der Waals surface area contributed by atoms with Gasteiger partial charge in [-0.25, -0.2) is 9.18 Å². The second-order valence-electron chi connectivity index (χ2n) is 4.31. The van der Waals surface area contributed by atoms with E-state index < -0.39 is 17.8 Å². The first kappa shape index (κ1) is 14.5. The van der Waals surface area contributed by atoms with Crippen LogP contribution in [0, 0.1) is 5.82 Å². The van der Waals surface area contributed by atoms with Crippen molar-refractivity contribution in [3.63, 3.8) is 0 Å². The maximum Gasteiger partial charge on any atom is 0.354 e. The fourth-order valence-electron chi connectivity index (χ4n) is 2.00. The molecule has 2 rings (SSSR count). The van der Waals surface area contributed by atoms with Gasteiger partial charge in [-0.2, -0.15) is 0 Å². The number of allylic oxidation sites excluding steroid dienone is 1. The molecule has 1 aromatic carbocycles. The number of esters is 1. The van der Waals surface area contributed by atoms with Gasteiger partial charge < -0.3 is 10.1 Å². The van der Waals surface area contributed by atoms with Crippen LogP contribution in [-0.4, -0.2) is 18.4 Å². The minimum atomic E-state index is -0.625. The molecule has 6 heteroatoms. The van der Waals surface area contributed by atoms with E-state index in [0.29, 0.717) is 0 Å². The van der Waals surface area contributed by atoms with E-state index in [9.17, 15) is 14.0 Å². The zero-order chi connectivity index (χ0) is 14.7. The lowest BCUT2D eigenvalue weighted by molar-refractivity contribution is -0.139. The van der Waals surface area contributed by atoms with Crippen molar-refractivity contribution in [3.05, 3.63) is 46.4 Å². The molecule has 0 saturated carbocycles. The number of hydrogen-bond acceptors (Lipinski definition) is 4. The van der Waals surface area contributed by atoms with Gasteiger partial charge in [0.25, 0.3) is 0 Å². The van der Waals surface area contributed by atoms with Gasteiger partial charge in [0.15, 0.2) is 5.78 Å².